The van der Waals surface area contributed by atoms with Crippen LogP contribution in [-0.2, 0) is 4.79 Å². The van der Waals surface area contributed by atoms with Gasteiger partial charge in [-0.15, -0.1) is 0 Å². The zero-order valence-electron chi connectivity index (χ0n) is 11.8. The minimum absolute atomic E-state index is 0.0815. The molecule has 1 aromatic heterocycles. The van der Waals surface area contributed by atoms with Gasteiger partial charge in [0.15, 0.2) is 0 Å². The Kier molecular flexibility index (Phi) is 4.77. The quantitative estimate of drug-likeness (QED) is 0.840. The lowest BCUT2D eigenvalue weighted by molar-refractivity contribution is -0.116. The molecule has 0 aliphatic rings. The monoisotopic (exact) mass is 269 g/mol. The van der Waals surface area contributed by atoms with Gasteiger partial charge < -0.3 is 9.73 Å². The number of furan rings is 1. The molecule has 1 amide bonds. The maximum absolute atomic E-state index is 12.4. The van der Waals surface area contributed by atoms with Gasteiger partial charge in [0.1, 0.15) is 5.76 Å². The Bertz CT molecular complexity index is 570. The summed E-state index contributed by atoms with van der Waals surface area (Å²) in [6.07, 6.45) is 4.27. The van der Waals surface area contributed by atoms with Gasteiger partial charge in [-0.25, -0.2) is 0 Å². The molecule has 0 saturated heterocycles. The Balaban J connectivity index is 2.32. The normalized spacial score (nSPS) is 13.0. The van der Waals surface area contributed by atoms with E-state index in [1.807, 2.05) is 50.2 Å². The minimum Gasteiger partial charge on any atom is -0.465 e. The Morgan fingerprint density at radius 2 is 2.00 bits per heavy atom. The van der Waals surface area contributed by atoms with Crippen LogP contribution in [0.3, 0.4) is 0 Å². The maximum Gasteiger partial charge on any atom is 0.252 e. The molecule has 3 heteroatoms. The number of nitrogens with one attached hydrogen (secondary N) is 1. The fraction of sp³-hybridized carbons (Fsp3) is 0.235. The first kappa shape index (κ1) is 14.1. The van der Waals surface area contributed by atoms with Crippen molar-refractivity contribution in [3.8, 4) is 0 Å². The molecular formula is C17H19NO2. The van der Waals surface area contributed by atoms with Crippen LogP contribution in [-0.4, -0.2) is 11.9 Å². The van der Waals surface area contributed by atoms with E-state index in [2.05, 4.69) is 5.32 Å². The summed E-state index contributed by atoms with van der Waals surface area (Å²) >= 11 is 0. The van der Waals surface area contributed by atoms with Crippen LogP contribution < -0.4 is 5.32 Å². The zero-order chi connectivity index (χ0) is 14.4. The van der Waals surface area contributed by atoms with Crippen molar-refractivity contribution in [2.24, 2.45) is 0 Å². The molecule has 3 nitrogen and oxygen atoms in total. The number of hydrogen-bond donors (Lipinski definition) is 1. The van der Waals surface area contributed by atoms with Gasteiger partial charge in [-0.05, 0) is 37.1 Å². The van der Waals surface area contributed by atoms with Gasteiger partial charge in [0, 0.05) is 6.04 Å². The molecular weight excluding hydrogens is 250 g/mol. The number of rotatable bonds is 5. The summed E-state index contributed by atoms with van der Waals surface area (Å²) in [7, 11) is 0. The second kappa shape index (κ2) is 6.75. The number of carbonyl (C=O) groups excluding carboxylic acids is 1. The third-order valence-corrected chi connectivity index (χ3v) is 3.15. The van der Waals surface area contributed by atoms with E-state index in [0.29, 0.717) is 11.3 Å². The summed E-state index contributed by atoms with van der Waals surface area (Å²) in [4.78, 5) is 12.4. The number of benzene rings is 1. The fourth-order valence-corrected chi connectivity index (χ4v) is 1.82. The number of amides is 1. The fourth-order valence-electron chi connectivity index (χ4n) is 1.82. The number of hydrogen-bond acceptors (Lipinski definition) is 2. The van der Waals surface area contributed by atoms with E-state index in [1.165, 1.54) is 0 Å². The Labute approximate surface area is 119 Å². The third-order valence-electron chi connectivity index (χ3n) is 3.15. The Hall–Kier alpha value is -2.29. The topological polar surface area (TPSA) is 42.2 Å². The molecule has 0 bridgehead atoms. The molecule has 0 unspecified atom stereocenters. The van der Waals surface area contributed by atoms with E-state index in [-0.39, 0.29) is 11.9 Å². The van der Waals surface area contributed by atoms with Crippen molar-refractivity contribution in [3.05, 3.63) is 60.1 Å². The second-order valence-corrected chi connectivity index (χ2v) is 4.72. The predicted molar refractivity (Wildman–Crippen MR) is 80.9 cm³/mol. The van der Waals surface area contributed by atoms with Crippen molar-refractivity contribution < 1.29 is 9.21 Å². The molecule has 1 aromatic carbocycles. The van der Waals surface area contributed by atoms with Gasteiger partial charge in [0.05, 0.1) is 11.8 Å². The van der Waals surface area contributed by atoms with E-state index in [0.717, 1.165) is 12.0 Å². The van der Waals surface area contributed by atoms with Gasteiger partial charge in [-0.1, -0.05) is 37.3 Å². The maximum atomic E-state index is 12.4. The average molecular weight is 269 g/mol. The lowest BCUT2D eigenvalue weighted by Crippen LogP contribution is -2.32. The van der Waals surface area contributed by atoms with Crippen LogP contribution in [0.1, 0.15) is 31.6 Å². The highest BCUT2D eigenvalue weighted by atomic mass is 16.3. The summed E-state index contributed by atoms with van der Waals surface area (Å²) in [5.41, 5.74) is 1.49. The van der Waals surface area contributed by atoms with Crippen molar-refractivity contribution in [1.29, 1.82) is 0 Å². The summed E-state index contributed by atoms with van der Waals surface area (Å²) < 4.78 is 5.31. The van der Waals surface area contributed by atoms with Gasteiger partial charge in [-0.3, -0.25) is 4.79 Å². The molecule has 1 N–H and O–H groups in total. The van der Waals surface area contributed by atoms with Crippen LogP contribution >= 0.6 is 0 Å². The molecule has 0 aliphatic heterocycles. The average Bonchev–Trinajstić information content (AvgIpc) is 2.98. The van der Waals surface area contributed by atoms with Gasteiger partial charge >= 0.3 is 0 Å². The second-order valence-electron chi connectivity index (χ2n) is 4.72. The highest BCUT2D eigenvalue weighted by molar-refractivity contribution is 6.24. The van der Waals surface area contributed by atoms with Gasteiger partial charge in [-0.2, -0.15) is 0 Å². The Morgan fingerprint density at radius 1 is 1.25 bits per heavy atom. The molecule has 20 heavy (non-hydrogen) atoms. The predicted octanol–water partition coefficient (Wildman–Crippen LogP) is 3.73. The van der Waals surface area contributed by atoms with Crippen LogP contribution in [0.15, 0.2) is 53.1 Å². The van der Waals surface area contributed by atoms with E-state index < -0.39 is 0 Å². The zero-order valence-corrected chi connectivity index (χ0v) is 11.8. The highest BCUT2D eigenvalue weighted by Crippen LogP contribution is 2.19. The van der Waals surface area contributed by atoms with Crippen LogP contribution in [0.5, 0.6) is 0 Å². The largest absolute Gasteiger partial charge is 0.465 e. The third kappa shape index (κ3) is 3.60. The van der Waals surface area contributed by atoms with Gasteiger partial charge in [0.25, 0.3) is 5.91 Å². The molecule has 1 heterocycles. The first-order valence-corrected chi connectivity index (χ1v) is 6.82. The lowest BCUT2D eigenvalue weighted by atomic mass is 10.0. The first-order chi connectivity index (χ1) is 9.70. The molecule has 0 fully saturated rings. The standard InChI is InChI=1S/C17H19NO2/c1-3-13(2)18-17(19)16(12-15-10-7-11-20-15)14-8-5-4-6-9-14/h4-13H,3H2,1-2H3,(H,18,19)/b16-12+/t13-/m0/s1. The van der Waals surface area contributed by atoms with Crippen molar-refractivity contribution in [2.75, 3.05) is 0 Å². The smallest absolute Gasteiger partial charge is 0.252 e. The molecule has 0 radical (unpaired) electrons. The molecule has 104 valence electrons. The van der Waals surface area contributed by atoms with Crippen molar-refractivity contribution in [3.63, 3.8) is 0 Å². The van der Waals surface area contributed by atoms with Crippen molar-refractivity contribution in [2.45, 2.75) is 26.3 Å². The lowest BCUT2D eigenvalue weighted by Gasteiger charge is -2.13. The SMILES string of the molecule is CC[C@H](C)NC(=O)/C(=C/c1ccco1)c1ccccc1. The van der Waals surface area contributed by atoms with Crippen LogP contribution in [0, 0.1) is 0 Å². The molecule has 0 spiro atoms. The van der Waals surface area contributed by atoms with E-state index in [4.69, 9.17) is 4.42 Å². The molecule has 0 saturated carbocycles. The van der Waals surface area contributed by atoms with E-state index >= 15 is 0 Å². The minimum atomic E-state index is -0.0815. The van der Waals surface area contributed by atoms with Gasteiger partial charge in [0.2, 0.25) is 0 Å². The highest BCUT2D eigenvalue weighted by Gasteiger charge is 2.14. The summed E-state index contributed by atoms with van der Waals surface area (Å²) in [5, 5.41) is 2.99. The first-order valence-electron chi connectivity index (χ1n) is 6.82. The van der Waals surface area contributed by atoms with Crippen LogP contribution in [0.4, 0.5) is 0 Å². The molecule has 1 atom stereocenters. The van der Waals surface area contributed by atoms with Crippen molar-refractivity contribution >= 4 is 17.6 Å². The van der Waals surface area contributed by atoms with Crippen LogP contribution in [0.2, 0.25) is 0 Å². The molecule has 0 aliphatic carbocycles. The summed E-state index contributed by atoms with van der Waals surface area (Å²) in [6, 6.07) is 13.4. The van der Waals surface area contributed by atoms with E-state index in [1.54, 1.807) is 18.4 Å². The molecule has 2 aromatic rings. The number of carbonyl (C=O) groups is 1. The van der Waals surface area contributed by atoms with E-state index in [9.17, 15) is 4.79 Å². The summed E-state index contributed by atoms with van der Waals surface area (Å²) in [5.74, 6) is 0.588. The Morgan fingerprint density at radius 3 is 2.60 bits per heavy atom. The van der Waals surface area contributed by atoms with Crippen molar-refractivity contribution in [1.82, 2.24) is 5.32 Å². The molecule has 2 rings (SSSR count). The van der Waals surface area contributed by atoms with Crippen LogP contribution in [0.25, 0.3) is 11.6 Å². The summed E-state index contributed by atoms with van der Waals surface area (Å²) in [6.45, 7) is 4.04.